The van der Waals surface area contributed by atoms with Gasteiger partial charge in [-0.25, -0.2) is 8.42 Å². The van der Waals surface area contributed by atoms with Gasteiger partial charge in [0.25, 0.3) is 0 Å². The molecule has 0 spiro atoms. The van der Waals surface area contributed by atoms with Crippen molar-refractivity contribution in [2.75, 3.05) is 11.9 Å². The van der Waals surface area contributed by atoms with E-state index < -0.39 is 10.1 Å². The van der Waals surface area contributed by atoms with Crippen LogP contribution in [0.15, 0.2) is 63.7 Å². The van der Waals surface area contributed by atoms with Gasteiger partial charge in [0.05, 0.1) is 22.9 Å². The largest absolute Gasteiger partial charge is 1.00 e. The Kier molecular flexibility index (Phi) is 9.84. The fraction of sp³-hybridized carbons (Fsp3) is 0.250. The molecule has 0 aliphatic heterocycles. The average molecular weight is 435 g/mol. The van der Waals surface area contributed by atoms with E-state index in [0.717, 1.165) is 23.9 Å². The third-order valence-corrected chi connectivity index (χ3v) is 4.45. The molecule has 0 aliphatic rings. The number of alkyl halides is 1. The summed E-state index contributed by atoms with van der Waals surface area (Å²) in [6.07, 6.45) is 2.06. The van der Waals surface area contributed by atoms with Gasteiger partial charge >= 0.3 is 29.6 Å². The SMILES string of the molecule is O=S(=O)([O-])c1ccc(N=Nc2ccc(OCCCCBr)cc2)cc1.[Na+]. The molecule has 0 atom stereocenters. The van der Waals surface area contributed by atoms with Gasteiger partial charge in [0.2, 0.25) is 0 Å². The van der Waals surface area contributed by atoms with Crippen LogP contribution in [0.4, 0.5) is 11.4 Å². The fourth-order valence-electron chi connectivity index (χ4n) is 1.79. The van der Waals surface area contributed by atoms with E-state index in [2.05, 4.69) is 26.2 Å². The fourth-order valence-corrected chi connectivity index (χ4v) is 2.66. The second-order valence-electron chi connectivity index (χ2n) is 4.89. The molecule has 0 bridgehead atoms. The predicted molar refractivity (Wildman–Crippen MR) is 93.5 cm³/mol. The van der Waals surface area contributed by atoms with Crippen molar-refractivity contribution < 1.29 is 47.3 Å². The molecule has 0 aromatic heterocycles. The Morgan fingerprint density at radius 3 is 1.92 bits per heavy atom. The predicted octanol–water partition coefficient (Wildman–Crippen LogP) is 1.56. The van der Waals surface area contributed by atoms with Gasteiger partial charge in [0.15, 0.2) is 0 Å². The van der Waals surface area contributed by atoms with E-state index >= 15 is 0 Å². The summed E-state index contributed by atoms with van der Waals surface area (Å²) in [4.78, 5) is -0.289. The minimum Gasteiger partial charge on any atom is -0.744 e. The zero-order valence-electron chi connectivity index (χ0n) is 13.8. The Morgan fingerprint density at radius 2 is 1.44 bits per heavy atom. The maximum absolute atomic E-state index is 10.8. The van der Waals surface area contributed by atoms with Crippen molar-refractivity contribution in [3.63, 3.8) is 0 Å². The third-order valence-electron chi connectivity index (χ3n) is 3.04. The Hall–Kier alpha value is -0.770. The number of unbranched alkanes of at least 4 members (excludes halogenated alkanes) is 1. The van der Waals surface area contributed by atoms with E-state index in [-0.39, 0.29) is 34.5 Å². The van der Waals surface area contributed by atoms with Crippen LogP contribution in [-0.2, 0) is 10.1 Å². The maximum Gasteiger partial charge on any atom is 1.00 e. The Morgan fingerprint density at radius 1 is 0.920 bits per heavy atom. The normalized spacial score (nSPS) is 11.3. The number of benzene rings is 2. The standard InChI is InChI=1S/C16H17BrN2O4S.Na/c17-11-1-2-12-23-15-7-3-13(4-8-15)18-19-14-5-9-16(10-6-14)24(20,21)22;/h3-10H,1-2,11-12H2,(H,20,21,22);/q;+1/p-1. The molecular weight excluding hydrogens is 419 g/mol. The summed E-state index contributed by atoms with van der Waals surface area (Å²) in [5, 5.41) is 9.02. The number of hydrogen-bond acceptors (Lipinski definition) is 6. The van der Waals surface area contributed by atoms with E-state index in [1.165, 1.54) is 24.3 Å². The molecule has 2 rings (SSSR count). The van der Waals surface area contributed by atoms with Gasteiger partial charge in [0.1, 0.15) is 15.9 Å². The van der Waals surface area contributed by atoms with E-state index in [0.29, 0.717) is 18.0 Å². The molecular formula is C16H16BrN2NaO4S. The molecule has 2 aromatic rings. The summed E-state index contributed by atoms with van der Waals surface area (Å²) < 4.78 is 38.1. The minimum atomic E-state index is -4.44. The summed E-state index contributed by atoms with van der Waals surface area (Å²) in [7, 11) is -4.44. The molecule has 0 unspecified atom stereocenters. The molecule has 0 N–H and O–H groups in total. The number of ether oxygens (including phenoxy) is 1. The van der Waals surface area contributed by atoms with Crippen LogP contribution < -0.4 is 34.3 Å². The summed E-state index contributed by atoms with van der Waals surface area (Å²) in [5.41, 5.74) is 1.10. The molecule has 6 nitrogen and oxygen atoms in total. The minimum absolute atomic E-state index is 0. The van der Waals surface area contributed by atoms with Crippen molar-refractivity contribution in [3.8, 4) is 5.75 Å². The van der Waals surface area contributed by atoms with Crippen LogP contribution >= 0.6 is 15.9 Å². The maximum atomic E-state index is 10.8. The van der Waals surface area contributed by atoms with Gasteiger partial charge in [-0.05, 0) is 61.4 Å². The zero-order valence-corrected chi connectivity index (χ0v) is 18.2. The van der Waals surface area contributed by atoms with Crippen LogP contribution in [-0.4, -0.2) is 24.9 Å². The van der Waals surface area contributed by atoms with Gasteiger partial charge in [-0.1, -0.05) is 15.9 Å². The van der Waals surface area contributed by atoms with Crippen LogP contribution in [0.25, 0.3) is 0 Å². The second kappa shape index (κ2) is 11.1. The first kappa shape index (κ1) is 22.3. The van der Waals surface area contributed by atoms with Crippen LogP contribution in [0, 0.1) is 0 Å². The van der Waals surface area contributed by atoms with Gasteiger partial charge in [-0.2, -0.15) is 10.2 Å². The second-order valence-corrected chi connectivity index (χ2v) is 7.06. The topological polar surface area (TPSA) is 91.2 Å². The van der Waals surface area contributed by atoms with Gasteiger partial charge in [0, 0.05) is 5.33 Å². The zero-order chi connectivity index (χ0) is 17.4. The molecule has 128 valence electrons. The van der Waals surface area contributed by atoms with Crippen molar-refractivity contribution >= 4 is 37.4 Å². The van der Waals surface area contributed by atoms with Crippen molar-refractivity contribution in [3.05, 3.63) is 48.5 Å². The molecule has 0 saturated heterocycles. The van der Waals surface area contributed by atoms with Crippen molar-refractivity contribution in [2.24, 2.45) is 10.2 Å². The Bertz CT molecular complexity index is 781. The van der Waals surface area contributed by atoms with Gasteiger partial charge < -0.3 is 9.29 Å². The number of hydrogen-bond donors (Lipinski definition) is 0. The van der Waals surface area contributed by atoms with Crippen molar-refractivity contribution in [1.82, 2.24) is 0 Å². The number of rotatable bonds is 8. The monoisotopic (exact) mass is 434 g/mol. The van der Waals surface area contributed by atoms with E-state index in [1.54, 1.807) is 12.1 Å². The molecule has 0 saturated carbocycles. The Balaban J connectivity index is 0.00000312. The molecule has 0 aliphatic carbocycles. The molecule has 0 heterocycles. The van der Waals surface area contributed by atoms with E-state index in [9.17, 15) is 13.0 Å². The Labute approximate surface area is 177 Å². The first-order valence-corrected chi connectivity index (χ1v) is 9.78. The molecule has 0 fully saturated rings. The van der Waals surface area contributed by atoms with Gasteiger partial charge in [-0.15, -0.1) is 0 Å². The smallest absolute Gasteiger partial charge is 0.744 e. The first-order chi connectivity index (χ1) is 11.5. The van der Waals surface area contributed by atoms with Crippen LogP contribution in [0.3, 0.4) is 0 Å². The summed E-state index contributed by atoms with van der Waals surface area (Å²) in [6, 6.07) is 12.5. The quantitative estimate of drug-likeness (QED) is 0.207. The van der Waals surface area contributed by atoms with Crippen molar-refractivity contribution in [2.45, 2.75) is 17.7 Å². The number of nitrogens with zero attached hydrogens (tertiary/aromatic N) is 2. The van der Waals surface area contributed by atoms with Gasteiger partial charge in [-0.3, -0.25) is 0 Å². The van der Waals surface area contributed by atoms with Crippen LogP contribution in [0.5, 0.6) is 5.75 Å². The summed E-state index contributed by atoms with van der Waals surface area (Å²) in [5.74, 6) is 0.772. The molecule has 9 heteroatoms. The van der Waals surface area contributed by atoms with Crippen LogP contribution in [0.1, 0.15) is 12.8 Å². The summed E-state index contributed by atoms with van der Waals surface area (Å²) in [6.45, 7) is 0.668. The number of halogens is 1. The molecule has 25 heavy (non-hydrogen) atoms. The first-order valence-electron chi connectivity index (χ1n) is 7.25. The van der Waals surface area contributed by atoms with Crippen molar-refractivity contribution in [1.29, 1.82) is 0 Å². The number of azo groups is 1. The van der Waals surface area contributed by atoms with E-state index in [4.69, 9.17) is 4.74 Å². The van der Waals surface area contributed by atoms with E-state index in [1.807, 2.05) is 12.1 Å². The summed E-state index contributed by atoms with van der Waals surface area (Å²) >= 11 is 3.37. The molecule has 0 amide bonds. The molecule has 0 radical (unpaired) electrons. The average Bonchev–Trinajstić information content (AvgIpc) is 2.57. The van der Waals surface area contributed by atoms with Crippen LogP contribution in [0.2, 0.25) is 0 Å². The molecule has 2 aromatic carbocycles. The third kappa shape index (κ3) is 7.98.